The van der Waals surface area contributed by atoms with Crippen LogP contribution in [0.4, 0.5) is 4.39 Å². The van der Waals surface area contributed by atoms with Crippen LogP contribution in [0.3, 0.4) is 0 Å². The molecular weight excluding hydrogens is 481 g/mol. The summed E-state index contributed by atoms with van der Waals surface area (Å²) in [6.07, 6.45) is 1.87. The summed E-state index contributed by atoms with van der Waals surface area (Å²) in [5.41, 5.74) is 3.53. The van der Waals surface area contributed by atoms with Gasteiger partial charge in [-0.25, -0.2) is 4.39 Å². The fourth-order valence-corrected chi connectivity index (χ4v) is 5.19. The predicted octanol–water partition coefficient (Wildman–Crippen LogP) is 5.20. The van der Waals surface area contributed by atoms with E-state index < -0.39 is 17.8 Å². The average molecular weight is 506 g/mol. The molecule has 0 radical (unpaired) electrons. The minimum Gasteiger partial charge on any atom is -0.383 e. The van der Waals surface area contributed by atoms with Gasteiger partial charge in [0.15, 0.2) is 0 Å². The van der Waals surface area contributed by atoms with Crippen molar-refractivity contribution in [3.05, 3.63) is 106 Å². The molecule has 0 bridgehead atoms. The molecule has 1 aliphatic rings. The van der Waals surface area contributed by atoms with Crippen molar-refractivity contribution in [3.8, 4) is 0 Å². The number of hydrogen-bond donors (Lipinski definition) is 2. The second kappa shape index (κ2) is 10.1. The quantitative estimate of drug-likeness (QED) is 0.362. The highest BCUT2D eigenvalue weighted by Crippen LogP contribution is 2.44. The number of H-pyrrole nitrogens is 1. The van der Waals surface area contributed by atoms with E-state index in [0.717, 1.165) is 16.5 Å². The highest BCUT2D eigenvalue weighted by molar-refractivity contribution is 6.31. The lowest BCUT2D eigenvalue weighted by molar-refractivity contribution is -0.124. The molecule has 0 spiro atoms. The largest absolute Gasteiger partial charge is 0.383 e. The third-order valence-corrected chi connectivity index (χ3v) is 7.02. The van der Waals surface area contributed by atoms with Gasteiger partial charge in [0.1, 0.15) is 5.82 Å². The van der Waals surface area contributed by atoms with Gasteiger partial charge < -0.3 is 19.9 Å². The first-order valence-corrected chi connectivity index (χ1v) is 12.0. The first-order valence-electron chi connectivity index (χ1n) is 11.7. The smallest absolute Gasteiger partial charge is 0.254 e. The third kappa shape index (κ3) is 4.36. The molecule has 0 aliphatic carbocycles. The lowest BCUT2D eigenvalue weighted by Gasteiger charge is -2.41. The first-order chi connectivity index (χ1) is 17.5. The van der Waals surface area contributed by atoms with Gasteiger partial charge in [0.2, 0.25) is 5.91 Å². The van der Waals surface area contributed by atoms with E-state index in [1.165, 1.54) is 12.1 Å². The molecule has 184 valence electrons. The van der Waals surface area contributed by atoms with Gasteiger partial charge in [-0.3, -0.25) is 9.59 Å². The van der Waals surface area contributed by atoms with Crippen molar-refractivity contribution >= 4 is 34.3 Å². The van der Waals surface area contributed by atoms with Crippen molar-refractivity contribution in [1.82, 2.24) is 15.2 Å². The lowest BCUT2D eigenvalue weighted by Crippen LogP contribution is -2.48. The lowest BCUT2D eigenvalue weighted by atomic mass is 9.79. The molecule has 6 nitrogen and oxygen atoms in total. The van der Waals surface area contributed by atoms with Gasteiger partial charge in [-0.1, -0.05) is 54.1 Å². The zero-order valence-electron chi connectivity index (χ0n) is 19.6. The van der Waals surface area contributed by atoms with Gasteiger partial charge in [0, 0.05) is 53.4 Å². The number of benzene rings is 3. The van der Waals surface area contributed by atoms with Crippen LogP contribution in [0.15, 0.2) is 72.9 Å². The highest BCUT2D eigenvalue weighted by atomic mass is 35.5. The topological polar surface area (TPSA) is 74.4 Å². The maximum absolute atomic E-state index is 13.9. The van der Waals surface area contributed by atoms with Crippen molar-refractivity contribution in [2.75, 3.05) is 20.3 Å². The number of fused-ring (bicyclic) bond motifs is 2. The van der Waals surface area contributed by atoms with Crippen molar-refractivity contribution in [2.24, 2.45) is 0 Å². The summed E-state index contributed by atoms with van der Waals surface area (Å²) in [4.78, 5) is 32.5. The third-order valence-electron chi connectivity index (χ3n) is 6.67. The number of methoxy groups -OCH3 is 1. The van der Waals surface area contributed by atoms with E-state index in [1.54, 1.807) is 30.2 Å². The van der Waals surface area contributed by atoms with Crippen molar-refractivity contribution < 1.29 is 18.7 Å². The molecule has 4 aromatic rings. The highest BCUT2D eigenvalue weighted by Gasteiger charge is 2.44. The monoisotopic (exact) mass is 505 g/mol. The molecule has 0 saturated carbocycles. The predicted molar refractivity (Wildman–Crippen MR) is 136 cm³/mol. The summed E-state index contributed by atoms with van der Waals surface area (Å²) in [6.45, 7) is 0.775. The fraction of sp³-hybridized carbons (Fsp3) is 0.214. The Balaban J connectivity index is 1.59. The van der Waals surface area contributed by atoms with Gasteiger partial charge in [-0.05, 0) is 35.4 Å². The molecule has 2 heterocycles. The normalized spacial score (nSPS) is 17.3. The molecule has 0 fully saturated rings. The van der Waals surface area contributed by atoms with E-state index in [0.29, 0.717) is 29.8 Å². The molecule has 2 atom stereocenters. The molecule has 0 saturated heterocycles. The molecule has 2 amide bonds. The second-order valence-corrected chi connectivity index (χ2v) is 9.15. The number of aromatic nitrogens is 1. The van der Waals surface area contributed by atoms with E-state index in [2.05, 4.69) is 10.3 Å². The van der Waals surface area contributed by atoms with Crippen LogP contribution in [0.2, 0.25) is 5.02 Å². The van der Waals surface area contributed by atoms with Crippen molar-refractivity contribution in [1.29, 1.82) is 0 Å². The maximum Gasteiger partial charge on any atom is 0.254 e. The van der Waals surface area contributed by atoms with Crippen molar-refractivity contribution in [2.45, 2.75) is 18.5 Å². The Morgan fingerprint density at radius 3 is 2.69 bits per heavy atom. The Kier molecular flexibility index (Phi) is 6.76. The molecule has 1 aliphatic heterocycles. The number of halogens is 2. The number of carbonyl (C=O) groups is 2. The number of nitrogens with one attached hydrogen (secondary N) is 2. The Morgan fingerprint density at radius 2 is 1.89 bits per heavy atom. The summed E-state index contributed by atoms with van der Waals surface area (Å²) in [6, 6.07) is 18.5. The van der Waals surface area contributed by atoms with Crippen LogP contribution in [-0.2, 0) is 16.1 Å². The number of aromatic amines is 1. The minimum atomic E-state index is -0.686. The molecule has 2 unspecified atom stereocenters. The molecule has 3 aromatic carbocycles. The number of rotatable bonds is 7. The summed E-state index contributed by atoms with van der Waals surface area (Å²) in [5.74, 6) is -1.53. The first kappa shape index (κ1) is 24.0. The Bertz CT molecular complexity index is 1440. The SMILES string of the molecule is COCCN1C(=O)c2ccccc2C(C(=O)NCc2ccc(F)cc2Cl)C1c1c[nH]c2ccccc12. The summed E-state index contributed by atoms with van der Waals surface area (Å²) in [7, 11) is 1.58. The zero-order chi connectivity index (χ0) is 25.2. The fourth-order valence-electron chi connectivity index (χ4n) is 4.95. The maximum atomic E-state index is 13.9. The van der Waals surface area contributed by atoms with Crippen LogP contribution in [0.5, 0.6) is 0 Å². The van der Waals surface area contributed by atoms with Crippen LogP contribution in [-0.4, -0.2) is 42.0 Å². The van der Waals surface area contributed by atoms with Gasteiger partial charge in [0.25, 0.3) is 5.91 Å². The van der Waals surface area contributed by atoms with Crippen LogP contribution in [0.25, 0.3) is 10.9 Å². The Morgan fingerprint density at radius 1 is 1.11 bits per heavy atom. The van der Waals surface area contributed by atoms with Gasteiger partial charge in [0.05, 0.1) is 18.6 Å². The van der Waals surface area contributed by atoms with Crippen LogP contribution in [0.1, 0.15) is 39.0 Å². The Labute approximate surface area is 213 Å². The number of hydrogen-bond acceptors (Lipinski definition) is 3. The van der Waals surface area contributed by atoms with Gasteiger partial charge >= 0.3 is 0 Å². The molecular formula is C28H25ClFN3O3. The van der Waals surface area contributed by atoms with Crippen molar-refractivity contribution in [3.63, 3.8) is 0 Å². The summed E-state index contributed by atoms with van der Waals surface area (Å²) < 4.78 is 18.8. The van der Waals surface area contributed by atoms with Crippen LogP contribution < -0.4 is 5.32 Å². The summed E-state index contributed by atoms with van der Waals surface area (Å²) in [5, 5.41) is 4.16. The van der Waals surface area contributed by atoms with Gasteiger partial charge in [-0.15, -0.1) is 0 Å². The number of ether oxygens (including phenoxy) is 1. The van der Waals surface area contributed by atoms with E-state index in [-0.39, 0.29) is 23.4 Å². The van der Waals surface area contributed by atoms with E-state index in [4.69, 9.17) is 16.3 Å². The molecule has 36 heavy (non-hydrogen) atoms. The second-order valence-electron chi connectivity index (χ2n) is 8.74. The molecule has 1 aromatic heterocycles. The number of nitrogens with zero attached hydrogens (tertiary/aromatic N) is 1. The number of carbonyl (C=O) groups excluding carboxylic acids is 2. The van der Waals surface area contributed by atoms with E-state index in [1.807, 2.05) is 42.6 Å². The molecule has 8 heteroatoms. The van der Waals surface area contributed by atoms with E-state index >= 15 is 0 Å². The standard InChI is InChI=1S/C28H25ClFN3O3/c1-36-13-12-33-26(22-16-31-24-9-5-4-6-19(22)24)25(20-7-2-3-8-21(20)28(33)35)27(34)32-15-17-10-11-18(30)14-23(17)29/h2-11,14,16,25-26,31H,12-13,15H2,1H3,(H,32,34). The molecule has 2 N–H and O–H groups in total. The van der Waals surface area contributed by atoms with Crippen LogP contribution >= 0.6 is 11.6 Å². The molecule has 5 rings (SSSR count). The number of amides is 2. The van der Waals surface area contributed by atoms with E-state index in [9.17, 15) is 14.0 Å². The van der Waals surface area contributed by atoms with Crippen LogP contribution in [0, 0.1) is 5.82 Å². The minimum absolute atomic E-state index is 0.128. The summed E-state index contributed by atoms with van der Waals surface area (Å²) >= 11 is 6.19. The van der Waals surface area contributed by atoms with Gasteiger partial charge in [-0.2, -0.15) is 0 Å². The average Bonchev–Trinajstić information content (AvgIpc) is 3.31. The number of para-hydroxylation sites is 1. The Hall–Kier alpha value is -3.68. The zero-order valence-corrected chi connectivity index (χ0v) is 20.4.